The van der Waals surface area contributed by atoms with Crippen LogP contribution < -0.4 is 5.56 Å². The molecule has 0 atom stereocenters. The Morgan fingerprint density at radius 3 is 2.57 bits per heavy atom. The molecular formula is C29H29FN6O. The predicted molar refractivity (Wildman–Crippen MR) is 142 cm³/mol. The van der Waals surface area contributed by atoms with Crippen LogP contribution >= 0.6 is 0 Å². The van der Waals surface area contributed by atoms with Crippen molar-refractivity contribution in [2.24, 2.45) is 0 Å². The third kappa shape index (κ3) is 5.98. The van der Waals surface area contributed by atoms with Crippen molar-refractivity contribution in [3.63, 3.8) is 0 Å². The zero-order valence-electron chi connectivity index (χ0n) is 21.0. The molecule has 5 aromatic rings. The molecule has 0 aliphatic rings. The Kier molecular flexibility index (Phi) is 7.18. The number of rotatable bonds is 9. The van der Waals surface area contributed by atoms with Crippen LogP contribution in [-0.4, -0.2) is 36.6 Å². The molecule has 2 heterocycles. The molecule has 5 rings (SSSR count). The summed E-state index contributed by atoms with van der Waals surface area (Å²) in [7, 11) is 0. The highest BCUT2D eigenvalue weighted by Gasteiger charge is 2.16. The predicted octanol–water partition coefficient (Wildman–Crippen LogP) is 4.56. The van der Waals surface area contributed by atoms with E-state index in [9.17, 15) is 9.18 Å². The molecule has 7 nitrogen and oxygen atoms in total. The van der Waals surface area contributed by atoms with Gasteiger partial charge >= 0.3 is 0 Å². The number of H-pyrrole nitrogens is 1. The topological polar surface area (TPSA) is 79.7 Å². The summed E-state index contributed by atoms with van der Waals surface area (Å²) in [6.45, 7) is 6.22. The normalized spacial score (nSPS) is 11.5. The zero-order chi connectivity index (χ0) is 25.8. The Morgan fingerprint density at radius 2 is 1.76 bits per heavy atom. The van der Waals surface area contributed by atoms with Crippen molar-refractivity contribution in [1.82, 2.24) is 30.1 Å². The van der Waals surface area contributed by atoms with Crippen molar-refractivity contribution < 1.29 is 4.39 Å². The Labute approximate surface area is 214 Å². The molecule has 0 aliphatic carbocycles. The number of benzene rings is 3. The van der Waals surface area contributed by atoms with Crippen LogP contribution in [0, 0.1) is 19.7 Å². The lowest BCUT2D eigenvalue weighted by Crippen LogP contribution is -2.30. The fraction of sp³-hybridized carbons (Fsp3) is 0.241. The summed E-state index contributed by atoms with van der Waals surface area (Å²) in [6, 6.07) is 22.6. The van der Waals surface area contributed by atoms with Gasteiger partial charge in [0.25, 0.3) is 5.56 Å². The van der Waals surface area contributed by atoms with Gasteiger partial charge in [0, 0.05) is 24.2 Å². The number of halogens is 1. The second-order valence-electron chi connectivity index (χ2n) is 9.48. The number of hydrogen-bond donors (Lipinski definition) is 1. The standard InChI is InChI=1S/C29H29FN6O/c1-20-7-12-27-24(15-20)16-25(29(37)31-27)18-35(14-13-23-6-4-3-5-21(23)2)19-28-32-33-34-36(28)17-22-8-10-26(30)11-9-22/h3-12,15-16H,13-14,17-19H2,1-2H3,(H,31,37). The number of nitrogens with zero attached hydrogens (tertiary/aromatic N) is 5. The fourth-order valence-corrected chi connectivity index (χ4v) is 4.53. The lowest BCUT2D eigenvalue weighted by molar-refractivity contribution is 0.248. The van der Waals surface area contributed by atoms with E-state index < -0.39 is 0 Å². The first-order chi connectivity index (χ1) is 17.9. The molecule has 1 N–H and O–H groups in total. The van der Waals surface area contributed by atoms with E-state index in [1.54, 1.807) is 16.8 Å². The number of pyridine rings is 1. The van der Waals surface area contributed by atoms with Crippen LogP contribution in [0.5, 0.6) is 0 Å². The van der Waals surface area contributed by atoms with E-state index in [1.807, 2.05) is 37.3 Å². The first-order valence-corrected chi connectivity index (χ1v) is 12.3. The Morgan fingerprint density at radius 1 is 0.946 bits per heavy atom. The minimum absolute atomic E-state index is 0.0943. The highest BCUT2D eigenvalue weighted by atomic mass is 19.1. The van der Waals surface area contributed by atoms with Crippen molar-refractivity contribution in [2.75, 3.05) is 6.54 Å². The van der Waals surface area contributed by atoms with E-state index in [4.69, 9.17) is 0 Å². The van der Waals surface area contributed by atoms with Crippen LogP contribution in [-0.2, 0) is 26.1 Å². The highest BCUT2D eigenvalue weighted by molar-refractivity contribution is 5.79. The van der Waals surface area contributed by atoms with Crippen LogP contribution in [0.1, 0.15) is 33.6 Å². The minimum atomic E-state index is -0.279. The van der Waals surface area contributed by atoms with Gasteiger partial charge in [-0.05, 0) is 83.1 Å². The van der Waals surface area contributed by atoms with Gasteiger partial charge in [0.15, 0.2) is 5.82 Å². The average Bonchev–Trinajstić information content (AvgIpc) is 3.31. The van der Waals surface area contributed by atoms with Crippen molar-refractivity contribution in [1.29, 1.82) is 0 Å². The van der Waals surface area contributed by atoms with Gasteiger partial charge in [-0.2, -0.15) is 0 Å². The number of hydrogen-bond acceptors (Lipinski definition) is 5. The first-order valence-electron chi connectivity index (χ1n) is 12.3. The summed E-state index contributed by atoms with van der Waals surface area (Å²) in [4.78, 5) is 18.2. The van der Waals surface area contributed by atoms with Crippen LogP contribution in [0.3, 0.4) is 0 Å². The Hall–Kier alpha value is -4.17. The zero-order valence-corrected chi connectivity index (χ0v) is 21.0. The molecule has 37 heavy (non-hydrogen) atoms. The van der Waals surface area contributed by atoms with Crippen LogP contribution in [0.15, 0.2) is 77.6 Å². The molecule has 0 saturated heterocycles. The van der Waals surface area contributed by atoms with Crippen molar-refractivity contribution in [2.45, 2.75) is 39.9 Å². The van der Waals surface area contributed by atoms with Gasteiger partial charge in [-0.3, -0.25) is 9.69 Å². The van der Waals surface area contributed by atoms with Gasteiger partial charge in [-0.25, -0.2) is 9.07 Å². The number of nitrogens with one attached hydrogen (secondary N) is 1. The van der Waals surface area contributed by atoms with Crippen molar-refractivity contribution >= 4 is 10.9 Å². The summed E-state index contributed by atoms with van der Waals surface area (Å²) in [6.07, 6.45) is 0.830. The molecule has 3 aromatic carbocycles. The maximum absolute atomic E-state index is 13.3. The summed E-state index contributed by atoms with van der Waals surface area (Å²) >= 11 is 0. The SMILES string of the molecule is Cc1ccc2[nH]c(=O)c(CN(CCc3ccccc3C)Cc3nnnn3Cc3ccc(F)cc3)cc2c1. The molecule has 0 spiro atoms. The minimum Gasteiger partial charge on any atom is -0.322 e. The quantitative estimate of drug-likeness (QED) is 0.324. The first kappa shape index (κ1) is 24.5. The lowest BCUT2D eigenvalue weighted by Gasteiger charge is -2.22. The summed E-state index contributed by atoms with van der Waals surface area (Å²) in [5.41, 5.74) is 5.98. The molecule has 188 valence electrons. The van der Waals surface area contributed by atoms with Crippen molar-refractivity contribution in [3.05, 3.63) is 123 Å². The van der Waals surface area contributed by atoms with Gasteiger partial charge in [-0.15, -0.1) is 5.10 Å². The van der Waals surface area contributed by atoms with E-state index in [0.717, 1.165) is 35.0 Å². The maximum atomic E-state index is 13.3. The van der Waals surface area contributed by atoms with Gasteiger partial charge in [0.1, 0.15) is 5.82 Å². The largest absolute Gasteiger partial charge is 0.322 e. The molecule has 2 aromatic heterocycles. The fourth-order valence-electron chi connectivity index (χ4n) is 4.53. The molecule has 0 amide bonds. The van der Waals surface area contributed by atoms with Crippen LogP contribution in [0.2, 0.25) is 0 Å². The number of aromatic amines is 1. The lowest BCUT2D eigenvalue weighted by atomic mass is 10.1. The number of tetrazole rings is 1. The molecule has 0 aliphatic heterocycles. The Bertz CT molecular complexity index is 1570. The summed E-state index contributed by atoms with van der Waals surface area (Å²) in [5, 5.41) is 13.3. The number of fused-ring (bicyclic) bond motifs is 1. The van der Waals surface area contributed by atoms with E-state index in [0.29, 0.717) is 31.0 Å². The van der Waals surface area contributed by atoms with Crippen LogP contribution in [0.25, 0.3) is 10.9 Å². The number of aryl methyl sites for hydroxylation is 2. The van der Waals surface area contributed by atoms with Gasteiger partial charge in [-0.1, -0.05) is 48.0 Å². The number of aromatic nitrogens is 5. The molecule has 0 unspecified atom stereocenters. The monoisotopic (exact) mass is 496 g/mol. The van der Waals surface area contributed by atoms with E-state index >= 15 is 0 Å². The van der Waals surface area contributed by atoms with Gasteiger partial charge < -0.3 is 4.98 Å². The van der Waals surface area contributed by atoms with Gasteiger partial charge in [0.05, 0.1) is 13.1 Å². The highest BCUT2D eigenvalue weighted by Crippen LogP contribution is 2.16. The second kappa shape index (κ2) is 10.8. The molecular weight excluding hydrogens is 467 g/mol. The molecule has 0 bridgehead atoms. The smallest absolute Gasteiger partial charge is 0.252 e. The second-order valence-corrected chi connectivity index (χ2v) is 9.48. The molecule has 0 fully saturated rings. The Balaban J connectivity index is 1.41. The van der Waals surface area contributed by atoms with E-state index in [1.165, 1.54) is 23.3 Å². The van der Waals surface area contributed by atoms with Gasteiger partial charge in [0.2, 0.25) is 0 Å². The van der Waals surface area contributed by atoms with Crippen molar-refractivity contribution in [3.8, 4) is 0 Å². The molecule has 0 radical (unpaired) electrons. The van der Waals surface area contributed by atoms with E-state index in [-0.39, 0.29) is 11.4 Å². The summed E-state index contributed by atoms with van der Waals surface area (Å²) in [5.74, 6) is 0.404. The average molecular weight is 497 g/mol. The van der Waals surface area contributed by atoms with E-state index in [2.05, 4.69) is 50.5 Å². The molecule has 8 heteroatoms. The third-order valence-corrected chi connectivity index (χ3v) is 6.65. The summed E-state index contributed by atoms with van der Waals surface area (Å²) < 4.78 is 15.1. The van der Waals surface area contributed by atoms with Crippen LogP contribution in [0.4, 0.5) is 4.39 Å². The third-order valence-electron chi connectivity index (χ3n) is 6.65. The maximum Gasteiger partial charge on any atom is 0.252 e. The molecule has 0 saturated carbocycles.